The first-order chi connectivity index (χ1) is 11.8. The zero-order chi connectivity index (χ0) is 16.5. The van der Waals surface area contributed by atoms with Crippen LogP contribution in [0.1, 0.15) is 17.0 Å². The fourth-order valence-electron chi connectivity index (χ4n) is 3.03. The second kappa shape index (κ2) is 6.29. The first-order valence-corrected chi connectivity index (χ1v) is 9.30. The average Bonchev–Trinajstić information content (AvgIpc) is 3.28. The van der Waals surface area contributed by atoms with Crippen LogP contribution in [0.4, 0.5) is 0 Å². The summed E-state index contributed by atoms with van der Waals surface area (Å²) >= 11 is 3.24. The zero-order valence-corrected chi connectivity index (χ0v) is 14.3. The maximum Gasteiger partial charge on any atom is 0.205 e. The molecule has 0 aromatic carbocycles. The fourth-order valence-corrected chi connectivity index (χ4v) is 4.33. The van der Waals surface area contributed by atoms with Crippen molar-refractivity contribution >= 4 is 28.7 Å². The minimum atomic E-state index is -0.198. The molecule has 1 atom stereocenters. The van der Waals surface area contributed by atoms with Gasteiger partial charge in [0, 0.05) is 11.1 Å². The highest BCUT2D eigenvalue weighted by Crippen LogP contribution is 2.43. The van der Waals surface area contributed by atoms with Crippen molar-refractivity contribution in [3.63, 3.8) is 0 Å². The maximum atomic E-state index is 9.55. The van der Waals surface area contributed by atoms with Crippen molar-refractivity contribution in [1.82, 2.24) is 0 Å². The highest BCUT2D eigenvalue weighted by atomic mass is 32.1. The van der Waals surface area contributed by atoms with Crippen LogP contribution in [0.2, 0.25) is 0 Å². The third-order valence-electron chi connectivity index (χ3n) is 4.09. The van der Waals surface area contributed by atoms with Crippen LogP contribution in [0.15, 0.2) is 62.0 Å². The molecule has 4 nitrogen and oxygen atoms in total. The summed E-state index contributed by atoms with van der Waals surface area (Å²) in [5.74, 6) is 0.738. The minimum Gasteiger partial charge on any atom is -0.440 e. The Bertz CT molecular complexity index is 884. The van der Waals surface area contributed by atoms with Crippen molar-refractivity contribution in [2.45, 2.75) is 5.92 Å². The van der Waals surface area contributed by atoms with E-state index in [-0.39, 0.29) is 11.8 Å². The van der Waals surface area contributed by atoms with Gasteiger partial charge in [0.05, 0.1) is 19.1 Å². The fraction of sp³-hybridized carbons (Fsp3) is 0.167. The van der Waals surface area contributed by atoms with E-state index >= 15 is 0 Å². The zero-order valence-electron chi connectivity index (χ0n) is 12.7. The van der Waals surface area contributed by atoms with Gasteiger partial charge in [0.25, 0.3) is 0 Å². The summed E-state index contributed by atoms with van der Waals surface area (Å²) in [5, 5.41) is 17.7. The summed E-state index contributed by atoms with van der Waals surface area (Å²) in [6, 6.07) is 6.28. The summed E-state index contributed by atoms with van der Waals surface area (Å²) in [7, 11) is 0. The molecule has 0 spiro atoms. The monoisotopic (exact) mass is 354 g/mol. The maximum absolute atomic E-state index is 9.55. The van der Waals surface area contributed by atoms with Gasteiger partial charge in [0.1, 0.15) is 17.4 Å². The highest BCUT2D eigenvalue weighted by molar-refractivity contribution is 7.08. The Morgan fingerprint density at radius 1 is 1.21 bits per heavy atom. The molecule has 0 bridgehead atoms. The van der Waals surface area contributed by atoms with Gasteiger partial charge in [-0.05, 0) is 50.9 Å². The van der Waals surface area contributed by atoms with Gasteiger partial charge in [-0.25, -0.2) is 0 Å². The van der Waals surface area contributed by atoms with E-state index in [2.05, 4.69) is 17.5 Å². The van der Waals surface area contributed by atoms with E-state index in [1.165, 1.54) is 0 Å². The third kappa shape index (κ3) is 2.57. The first-order valence-electron chi connectivity index (χ1n) is 7.41. The molecule has 0 saturated heterocycles. The summed E-state index contributed by atoms with van der Waals surface area (Å²) in [6.07, 6.45) is 2.06. The van der Waals surface area contributed by atoms with Crippen LogP contribution in [-0.2, 0) is 9.47 Å². The van der Waals surface area contributed by atoms with Crippen molar-refractivity contribution in [3.8, 4) is 6.07 Å². The van der Waals surface area contributed by atoms with Gasteiger partial charge in [-0.15, -0.1) is 0 Å². The van der Waals surface area contributed by atoms with Crippen LogP contribution in [0.3, 0.4) is 0 Å². The van der Waals surface area contributed by atoms with Crippen LogP contribution in [-0.4, -0.2) is 13.2 Å². The van der Waals surface area contributed by atoms with E-state index in [1.54, 1.807) is 22.7 Å². The SMILES string of the molecule is N#CC1=C(N)OC2=C(COC/C2=C/c2ccsc2)C1c1ccsc1. The molecular weight excluding hydrogens is 340 g/mol. The highest BCUT2D eigenvalue weighted by Gasteiger charge is 2.36. The van der Waals surface area contributed by atoms with Crippen molar-refractivity contribution in [1.29, 1.82) is 5.26 Å². The van der Waals surface area contributed by atoms with Crippen LogP contribution < -0.4 is 5.73 Å². The number of hydrogen-bond acceptors (Lipinski definition) is 6. The molecule has 4 heterocycles. The number of allylic oxidation sites excluding steroid dienone is 1. The Morgan fingerprint density at radius 2 is 2.04 bits per heavy atom. The lowest BCUT2D eigenvalue weighted by Gasteiger charge is -2.32. The number of ether oxygens (including phenoxy) is 2. The van der Waals surface area contributed by atoms with Crippen LogP contribution >= 0.6 is 22.7 Å². The number of thiophene rings is 2. The number of nitriles is 1. The van der Waals surface area contributed by atoms with Gasteiger partial charge in [0.2, 0.25) is 5.88 Å². The smallest absolute Gasteiger partial charge is 0.205 e. The van der Waals surface area contributed by atoms with Gasteiger partial charge < -0.3 is 15.2 Å². The standard InChI is InChI=1S/C18H14N2O2S2/c19-6-14-16(12-2-4-24-10-12)15-8-21-7-13(17(15)22-18(14)20)5-11-1-3-23-9-11/h1-5,9-10,16H,7-8,20H2/b13-5-. The van der Waals surface area contributed by atoms with E-state index in [0.717, 1.165) is 28.0 Å². The van der Waals surface area contributed by atoms with Crippen molar-refractivity contribution in [3.05, 3.63) is 73.1 Å². The van der Waals surface area contributed by atoms with Gasteiger partial charge in [-0.3, -0.25) is 0 Å². The molecule has 2 aromatic rings. The lowest BCUT2D eigenvalue weighted by molar-refractivity contribution is 0.142. The van der Waals surface area contributed by atoms with Crippen molar-refractivity contribution in [2.24, 2.45) is 5.73 Å². The number of hydrogen-bond donors (Lipinski definition) is 1. The van der Waals surface area contributed by atoms with Gasteiger partial charge in [0.15, 0.2) is 0 Å². The summed E-state index contributed by atoms with van der Waals surface area (Å²) < 4.78 is 11.6. The predicted molar refractivity (Wildman–Crippen MR) is 95.1 cm³/mol. The van der Waals surface area contributed by atoms with Crippen LogP contribution in [0.25, 0.3) is 6.08 Å². The lowest BCUT2D eigenvalue weighted by Crippen LogP contribution is -2.27. The lowest BCUT2D eigenvalue weighted by atomic mass is 9.83. The molecule has 1 unspecified atom stereocenters. The Labute approximate surface area is 147 Å². The summed E-state index contributed by atoms with van der Waals surface area (Å²) in [4.78, 5) is 0. The number of nitrogens with two attached hydrogens (primary N) is 1. The van der Waals surface area contributed by atoms with E-state index < -0.39 is 0 Å². The molecule has 0 saturated carbocycles. The molecule has 2 aliphatic heterocycles. The second-order valence-corrected chi connectivity index (χ2v) is 7.11. The van der Waals surface area contributed by atoms with Crippen LogP contribution in [0, 0.1) is 11.3 Å². The number of rotatable bonds is 2. The Balaban J connectivity index is 1.84. The quantitative estimate of drug-likeness (QED) is 0.885. The Morgan fingerprint density at radius 3 is 2.75 bits per heavy atom. The molecule has 2 N–H and O–H groups in total. The molecule has 0 radical (unpaired) electrons. The van der Waals surface area contributed by atoms with E-state index in [4.69, 9.17) is 15.2 Å². The summed E-state index contributed by atoms with van der Waals surface area (Å²) in [6.45, 7) is 0.912. The molecule has 0 fully saturated rings. The molecule has 2 aliphatic rings. The largest absolute Gasteiger partial charge is 0.440 e. The van der Waals surface area contributed by atoms with Gasteiger partial charge >= 0.3 is 0 Å². The predicted octanol–water partition coefficient (Wildman–Crippen LogP) is 3.99. The number of nitrogens with zero attached hydrogens (tertiary/aromatic N) is 1. The molecule has 4 rings (SSSR count). The molecule has 2 aromatic heterocycles. The first kappa shape index (κ1) is 15.2. The van der Waals surface area contributed by atoms with Gasteiger partial charge in [-0.1, -0.05) is 0 Å². The molecule has 0 amide bonds. The Hall–Kier alpha value is -2.33. The molecule has 0 aliphatic carbocycles. The summed E-state index contributed by atoms with van der Waals surface area (Å²) in [5.41, 5.74) is 10.6. The molecule has 120 valence electrons. The van der Waals surface area contributed by atoms with Crippen molar-refractivity contribution < 1.29 is 9.47 Å². The van der Waals surface area contributed by atoms with E-state index in [0.29, 0.717) is 18.8 Å². The van der Waals surface area contributed by atoms with Crippen molar-refractivity contribution in [2.75, 3.05) is 13.2 Å². The van der Waals surface area contributed by atoms with Crippen LogP contribution in [0.5, 0.6) is 0 Å². The van der Waals surface area contributed by atoms with E-state index in [9.17, 15) is 5.26 Å². The topological polar surface area (TPSA) is 68.3 Å². The molecule has 24 heavy (non-hydrogen) atoms. The molecule has 6 heteroatoms. The molecular formula is C18H14N2O2S2. The normalized spacial score (nSPS) is 22.3. The minimum absolute atomic E-state index is 0.186. The van der Waals surface area contributed by atoms with E-state index in [1.807, 2.05) is 28.3 Å². The third-order valence-corrected chi connectivity index (χ3v) is 5.50. The van der Waals surface area contributed by atoms with Gasteiger partial charge in [-0.2, -0.15) is 27.9 Å². The second-order valence-electron chi connectivity index (χ2n) is 5.55. The Kier molecular flexibility index (Phi) is 3.98. The average molecular weight is 354 g/mol.